The molecule has 6 heteroatoms. The summed E-state index contributed by atoms with van der Waals surface area (Å²) >= 11 is 18.8. The van der Waals surface area contributed by atoms with Crippen LogP contribution in [0.3, 0.4) is 0 Å². The fourth-order valence-electron chi connectivity index (χ4n) is 0.797. The first-order chi connectivity index (χ1) is 6.54. The van der Waals surface area contributed by atoms with Crippen LogP contribution in [0, 0.1) is 0 Å². The molecule has 0 atom stereocenters. The van der Waals surface area contributed by atoms with E-state index in [2.05, 4.69) is 4.99 Å². The lowest BCUT2D eigenvalue weighted by molar-refractivity contribution is 1.50. The van der Waals surface area contributed by atoms with Crippen LogP contribution in [0.1, 0.15) is 0 Å². The third-order valence-corrected chi connectivity index (χ3v) is 2.72. The van der Waals surface area contributed by atoms with Crippen molar-refractivity contribution in [2.75, 3.05) is 6.26 Å². The van der Waals surface area contributed by atoms with E-state index < -0.39 is 0 Å². The van der Waals surface area contributed by atoms with Crippen LogP contribution in [0.4, 0.5) is 5.69 Å². The van der Waals surface area contributed by atoms with E-state index in [1.54, 1.807) is 12.1 Å². The van der Waals surface area contributed by atoms with Crippen LogP contribution in [-0.4, -0.2) is 11.4 Å². The molecular weight excluding hydrogens is 263 g/mol. The molecule has 0 amide bonds. The average Bonchev–Trinajstić information content (AvgIpc) is 2.10. The molecule has 1 rings (SSSR count). The number of nitrogens with zero attached hydrogens (tertiary/aromatic N) is 1. The molecule has 0 saturated heterocycles. The maximum atomic E-state index is 5.90. The van der Waals surface area contributed by atoms with E-state index in [1.807, 2.05) is 6.26 Å². The van der Waals surface area contributed by atoms with Gasteiger partial charge in [0.2, 0.25) is 0 Å². The Bertz CT molecular complexity index is 356. The van der Waals surface area contributed by atoms with Gasteiger partial charge in [-0.1, -0.05) is 46.6 Å². The number of hydrogen-bond acceptors (Lipinski definition) is 2. The number of amidine groups is 1. The van der Waals surface area contributed by atoms with Crippen LogP contribution < -0.4 is 5.73 Å². The van der Waals surface area contributed by atoms with Crippen molar-refractivity contribution in [2.24, 2.45) is 10.7 Å². The maximum Gasteiger partial charge on any atom is 0.159 e. The molecule has 0 unspecified atom stereocenters. The van der Waals surface area contributed by atoms with Gasteiger partial charge in [-0.15, -0.1) is 0 Å². The number of hydrogen-bond donors (Lipinski definition) is 1. The summed E-state index contributed by atoms with van der Waals surface area (Å²) in [4.78, 5) is 4.05. The minimum atomic E-state index is 0.388. The summed E-state index contributed by atoms with van der Waals surface area (Å²) < 4.78 is 0. The van der Waals surface area contributed by atoms with Crippen molar-refractivity contribution in [3.8, 4) is 0 Å². The second kappa shape index (κ2) is 5.12. The Morgan fingerprint density at radius 3 is 2.21 bits per heavy atom. The minimum absolute atomic E-state index is 0.388. The molecule has 2 nitrogen and oxygen atoms in total. The van der Waals surface area contributed by atoms with Gasteiger partial charge < -0.3 is 5.73 Å². The van der Waals surface area contributed by atoms with Gasteiger partial charge in [-0.05, 0) is 18.4 Å². The second-order valence-electron chi connectivity index (χ2n) is 2.37. The van der Waals surface area contributed by atoms with Gasteiger partial charge in [0, 0.05) is 5.02 Å². The van der Waals surface area contributed by atoms with Gasteiger partial charge in [0.25, 0.3) is 0 Å². The highest BCUT2D eigenvalue weighted by Gasteiger charge is 2.07. The molecular formula is C8H7Cl3N2S. The summed E-state index contributed by atoms with van der Waals surface area (Å²) in [7, 11) is 0. The van der Waals surface area contributed by atoms with E-state index >= 15 is 0 Å². The van der Waals surface area contributed by atoms with Gasteiger partial charge in [-0.2, -0.15) is 0 Å². The molecule has 1 aromatic rings. The van der Waals surface area contributed by atoms with E-state index in [0.29, 0.717) is 25.9 Å². The number of nitrogens with two attached hydrogens (primary N) is 1. The lowest BCUT2D eigenvalue weighted by atomic mass is 10.3. The predicted molar refractivity (Wildman–Crippen MR) is 66.3 cm³/mol. The monoisotopic (exact) mass is 268 g/mol. The van der Waals surface area contributed by atoms with Crippen molar-refractivity contribution in [1.29, 1.82) is 0 Å². The molecule has 0 heterocycles. The summed E-state index contributed by atoms with van der Waals surface area (Å²) in [5.74, 6) is 0. The van der Waals surface area contributed by atoms with Crippen molar-refractivity contribution in [2.45, 2.75) is 0 Å². The number of rotatable bonds is 1. The van der Waals surface area contributed by atoms with Crippen molar-refractivity contribution in [1.82, 2.24) is 0 Å². The summed E-state index contributed by atoms with van der Waals surface area (Å²) in [6.45, 7) is 0. The van der Waals surface area contributed by atoms with Crippen molar-refractivity contribution in [3.63, 3.8) is 0 Å². The van der Waals surface area contributed by atoms with Crippen molar-refractivity contribution >= 4 is 57.4 Å². The molecule has 0 radical (unpaired) electrons. The molecule has 0 aliphatic carbocycles. The van der Waals surface area contributed by atoms with Crippen LogP contribution >= 0.6 is 46.6 Å². The van der Waals surface area contributed by atoms with Gasteiger partial charge in [0.05, 0.1) is 10.0 Å². The minimum Gasteiger partial charge on any atom is -0.378 e. The number of benzene rings is 1. The normalized spacial score (nSPS) is 11.9. The molecule has 0 fully saturated rings. The molecule has 14 heavy (non-hydrogen) atoms. The van der Waals surface area contributed by atoms with Gasteiger partial charge in [0.1, 0.15) is 5.69 Å². The average molecular weight is 270 g/mol. The summed E-state index contributed by atoms with van der Waals surface area (Å²) in [6, 6.07) is 3.14. The standard InChI is InChI=1S/C8H7Cl3N2S/c1-14-8(12)13-7-5(10)2-4(9)3-6(7)11/h2-3H,1H3,(H2,12,13). The van der Waals surface area contributed by atoms with E-state index in [9.17, 15) is 0 Å². The lowest BCUT2D eigenvalue weighted by Crippen LogP contribution is -2.04. The Morgan fingerprint density at radius 2 is 1.79 bits per heavy atom. The Balaban J connectivity index is 3.21. The van der Waals surface area contributed by atoms with E-state index in [0.717, 1.165) is 0 Å². The Morgan fingerprint density at radius 1 is 1.29 bits per heavy atom. The highest BCUT2D eigenvalue weighted by Crippen LogP contribution is 2.36. The maximum absolute atomic E-state index is 5.90. The molecule has 76 valence electrons. The highest BCUT2D eigenvalue weighted by molar-refractivity contribution is 8.13. The smallest absolute Gasteiger partial charge is 0.159 e. The van der Waals surface area contributed by atoms with E-state index in [-0.39, 0.29) is 0 Å². The fourth-order valence-corrected chi connectivity index (χ4v) is 1.88. The van der Waals surface area contributed by atoms with Crippen LogP contribution in [-0.2, 0) is 0 Å². The van der Waals surface area contributed by atoms with Gasteiger partial charge in [-0.25, -0.2) is 4.99 Å². The van der Waals surface area contributed by atoms with Crippen molar-refractivity contribution in [3.05, 3.63) is 27.2 Å². The third kappa shape index (κ3) is 2.95. The molecule has 2 N–H and O–H groups in total. The molecule has 0 aromatic heterocycles. The molecule has 0 aliphatic heterocycles. The zero-order valence-corrected chi connectivity index (χ0v) is 10.3. The Kier molecular flexibility index (Phi) is 4.38. The Labute approximate surface area is 101 Å². The lowest BCUT2D eigenvalue weighted by Gasteiger charge is -2.03. The van der Waals surface area contributed by atoms with Crippen LogP contribution in [0.5, 0.6) is 0 Å². The van der Waals surface area contributed by atoms with Crippen LogP contribution in [0.25, 0.3) is 0 Å². The summed E-state index contributed by atoms with van der Waals surface area (Å²) in [6.07, 6.45) is 1.82. The Hall–Kier alpha value is -0.0900. The molecule has 0 bridgehead atoms. The van der Waals surface area contributed by atoms with Crippen LogP contribution in [0.2, 0.25) is 15.1 Å². The number of thioether (sulfide) groups is 1. The summed E-state index contributed by atoms with van der Waals surface area (Å²) in [5, 5.41) is 1.65. The first-order valence-corrected chi connectivity index (χ1v) is 5.93. The van der Waals surface area contributed by atoms with Crippen molar-refractivity contribution < 1.29 is 0 Å². The fraction of sp³-hybridized carbons (Fsp3) is 0.125. The largest absolute Gasteiger partial charge is 0.378 e. The van der Waals surface area contributed by atoms with Gasteiger partial charge >= 0.3 is 0 Å². The second-order valence-corrected chi connectivity index (χ2v) is 4.45. The van der Waals surface area contributed by atoms with E-state index in [1.165, 1.54) is 11.8 Å². The number of halogens is 3. The molecule has 0 spiro atoms. The van der Waals surface area contributed by atoms with Gasteiger partial charge in [-0.3, -0.25) is 0 Å². The molecule has 0 saturated carbocycles. The van der Waals surface area contributed by atoms with Crippen LogP contribution in [0.15, 0.2) is 17.1 Å². The van der Waals surface area contributed by atoms with Gasteiger partial charge in [0.15, 0.2) is 5.17 Å². The first-order valence-electron chi connectivity index (χ1n) is 3.57. The zero-order valence-electron chi connectivity index (χ0n) is 7.22. The first kappa shape index (κ1) is 12.0. The topological polar surface area (TPSA) is 38.4 Å². The predicted octanol–water partition coefficient (Wildman–Crippen LogP) is 3.96. The SMILES string of the molecule is CSC(N)=Nc1c(Cl)cc(Cl)cc1Cl. The van der Waals surface area contributed by atoms with E-state index in [4.69, 9.17) is 40.5 Å². The zero-order chi connectivity index (χ0) is 10.7. The number of aliphatic imine (C=N–C) groups is 1. The third-order valence-electron chi connectivity index (χ3n) is 1.41. The molecule has 0 aliphatic rings. The molecule has 1 aromatic carbocycles. The quantitative estimate of drug-likeness (QED) is 0.619. The summed E-state index contributed by atoms with van der Waals surface area (Å²) in [5.41, 5.74) is 5.99. The highest BCUT2D eigenvalue weighted by atomic mass is 35.5.